The van der Waals surface area contributed by atoms with Crippen LogP contribution in [-0.2, 0) is 0 Å². The first-order chi connectivity index (χ1) is 8.11. The molecule has 0 fully saturated rings. The summed E-state index contributed by atoms with van der Waals surface area (Å²) in [6.45, 7) is 4.80. The van der Waals surface area contributed by atoms with Crippen LogP contribution in [0.25, 0.3) is 0 Å². The van der Waals surface area contributed by atoms with Crippen molar-refractivity contribution in [2.24, 2.45) is 0 Å². The Hall–Kier alpha value is -1.35. The molecule has 0 aromatic carbocycles. The molecule has 1 aromatic rings. The zero-order valence-corrected chi connectivity index (χ0v) is 11.8. The number of nitrogens with zero attached hydrogens (tertiary/aromatic N) is 4. The highest BCUT2D eigenvalue weighted by atomic mass is 79.9. The predicted octanol–water partition coefficient (Wildman–Crippen LogP) is 2.41. The Kier molecular flexibility index (Phi) is 5.16. The van der Waals surface area contributed by atoms with Crippen LogP contribution in [0.1, 0.15) is 20.3 Å². The molecular formula is C11H16BrN5. The molecule has 92 valence electrons. The van der Waals surface area contributed by atoms with Gasteiger partial charge in [0.15, 0.2) is 0 Å². The monoisotopic (exact) mass is 297 g/mol. The quantitative estimate of drug-likeness (QED) is 0.904. The Morgan fingerprint density at radius 3 is 2.88 bits per heavy atom. The Morgan fingerprint density at radius 2 is 2.29 bits per heavy atom. The molecule has 5 nitrogen and oxygen atoms in total. The molecule has 1 N–H and O–H groups in total. The second-order valence-corrected chi connectivity index (χ2v) is 4.51. The van der Waals surface area contributed by atoms with Gasteiger partial charge in [0.1, 0.15) is 22.4 Å². The summed E-state index contributed by atoms with van der Waals surface area (Å²) in [6.07, 6.45) is 1.98. The maximum atomic E-state index is 8.71. The van der Waals surface area contributed by atoms with Gasteiger partial charge in [0.2, 0.25) is 0 Å². The van der Waals surface area contributed by atoms with Gasteiger partial charge in [-0.3, -0.25) is 0 Å². The van der Waals surface area contributed by atoms with Crippen molar-refractivity contribution in [2.75, 3.05) is 23.8 Å². The normalized spacial score (nSPS) is 11.7. The Labute approximate surface area is 110 Å². The van der Waals surface area contributed by atoms with Crippen LogP contribution in [-0.4, -0.2) is 29.6 Å². The van der Waals surface area contributed by atoms with Crippen molar-refractivity contribution >= 4 is 27.6 Å². The third-order valence-corrected chi connectivity index (χ3v) is 3.23. The van der Waals surface area contributed by atoms with Gasteiger partial charge in [-0.05, 0) is 29.8 Å². The number of anilines is 2. The summed E-state index contributed by atoms with van der Waals surface area (Å²) < 4.78 is 0.828. The van der Waals surface area contributed by atoms with Gasteiger partial charge in [0.25, 0.3) is 0 Å². The van der Waals surface area contributed by atoms with Crippen molar-refractivity contribution in [3.05, 3.63) is 10.8 Å². The Balaban J connectivity index is 2.98. The minimum Gasteiger partial charge on any atom is -0.369 e. The third kappa shape index (κ3) is 3.30. The fourth-order valence-corrected chi connectivity index (χ4v) is 2.00. The number of hydrogen-bond donors (Lipinski definition) is 1. The first-order valence-corrected chi connectivity index (χ1v) is 6.25. The molecule has 0 saturated heterocycles. The topological polar surface area (TPSA) is 64.8 Å². The van der Waals surface area contributed by atoms with E-state index in [1.54, 1.807) is 0 Å². The van der Waals surface area contributed by atoms with Crippen molar-refractivity contribution < 1.29 is 0 Å². The van der Waals surface area contributed by atoms with E-state index in [1.807, 2.05) is 25.8 Å². The lowest BCUT2D eigenvalue weighted by molar-refractivity contribution is 0.691. The summed E-state index contributed by atoms with van der Waals surface area (Å²) >= 11 is 3.49. The average molecular weight is 298 g/mol. The summed E-state index contributed by atoms with van der Waals surface area (Å²) in [7, 11) is 1.92. The van der Waals surface area contributed by atoms with Crippen LogP contribution in [0.4, 0.5) is 11.6 Å². The minimum absolute atomic E-state index is 0.112. The highest BCUT2D eigenvalue weighted by Gasteiger charge is 2.16. The highest BCUT2D eigenvalue weighted by Crippen LogP contribution is 2.29. The SMILES string of the molecule is CCNc1ncnc(N(C)C(C)CC#N)c1Br. The summed E-state index contributed by atoms with van der Waals surface area (Å²) in [6, 6.07) is 2.27. The van der Waals surface area contributed by atoms with Crippen LogP contribution in [0.5, 0.6) is 0 Å². The van der Waals surface area contributed by atoms with Crippen LogP contribution in [0, 0.1) is 11.3 Å². The summed E-state index contributed by atoms with van der Waals surface area (Å²) in [5.41, 5.74) is 0. The summed E-state index contributed by atoms with van der Waals surface area (Å²) in [5.74, 6) is 1.56. The number of aromatic nitrogens is 2. The van der Waals surface area contributed by atoms with Crippen molar-refractivity contribution in [1.82, 2.24) is 9.97 Å². The minimum atomic E-state index is 0.112. The molecule has 17 heavy (non-hydrogen) atoms. The van der Waals surface area contributed by atoms with Gasteiger partial charge in [0.05, 0.1) is 12.5 Å². The number of rotatable bonds is 5. The van der Waals surface area contributed by atoms with Gasteiger partial charge in [0, 0.05) is 19.6 Å². The van der Waals surface area contributed by atoms with E-state index >= 15 is 0 Å². The van der Waals surface area contributed by atoms with Gasteiger partial charge >= 0.3 is 0 Å². The largest absolute Gasteiger partial charge is 0.369 e. The van der Waals surface area contributed by atoms with E-state index in [0.29, 0.717) is 6.42 Å². The van der Waals surface area contributed by atoms with E-state index in [-0.39, 0.29) is 6.04 Å². The molecule has 1 unspecified atom stereocenters. The third-order valence-electron chi connectivity index (χ3n) is 2.50. The van der Waals surface area contributed by atoms with E-state index in [9.17, 15) is 0 Å². The van der Waals surface area contributed by atoms with E-state index in [4.69, 9.17) is 5.26 Å². The lowest BCUT2D eigenvalue weighted by Crippen LogP contribution is -2.29. The molecular weight excluding hydrogens is 282 g/mol. The van der Waals surface area contributed by atoms with E-state index in [1.165, 1.54) is 6.33 Å². The highest BCUT2D eigenvalue weighted by molar-refractivity contribution is 9.10. The molecule has 0 aliphatic rings. The number of nitrogens with one attached hydrogen (secondary N) is 1. The fraction of sp³-hybridized carbons (Fsp3) is 0.545. The molecule has 1 rings (SSSR count). The Bertz CT molecular complexity index is 415. The average Bonchev–Trinajstić information content (AvgIpc) is 2.31. The van der Waals surface area contributed by atoms with Gasteiger partial charge in [-0.25, -0.2) is 9.97 Å². The van der Waals surface area contributed by atoms with E-state index in [2.05, 4.69) is 37.3 Å². The van der Waals surface area contributed by atoms with E-state index in [0.717, 1.165) is 22.7 Å². The first kappa shape index (κ1) is 13.7. The molecule has 6 heteroatoms. The van der Waals surface area contributed by atoms with Crippen molar-refractivity contribution in [1.29, 1.82) is 5.26 Å². The first-order valence-electron chi connectivity index (χ1n) is 5.46. The van der Waals surface area contributed by atoms with Crippen molar-refractivity contribution in [3.8, 4) is 6.07 Å². The molecule has 1 aromatic heterocycles. The van der Waals surface area contributed by atoms with Gasteiger partial charge < -0.3 is 10.2 Å². The number of halogens is 1. The van der Waals surface area contributed by atoms with Crippen LogP contribution in [0.2, 0.25) is 0 Å². The smallest absolute Gasteiger partial charge is 0.148 e. The molecule has 0 amide bonds. The van der Waals surface area contributed by atoms with Crippen molar-refractivity contribution in [2.45, 2.75) is 26.3 Å². The van der Waals surface area contributed by atoms with Crippen LogP contribution in [0.3, 0.4) is 0 Å². The van der Waals surface area contributed by atoms with E-state index < -0.39 is 0 Å². The lowest BCUT2D eigenvalue weighted by Gasteiger charge is -2.25. The molecule has 1 atom stereocenters. The van der Waals surface area contributed by atoms with Crippen LogP contribution in [0.15, 0.2) is 10.8 Å². The van der Waals surface area contributed by atoms with Crippen molar-refractivity contribution in [3.63, 3.8) is 0 Å². The number of nitriles is 1. The molecule has 1 heterocycles. The predicted molar refractivity (Wildman–Crippen MR) is 72.0 cm³/mol. The maximum absolute atomic E-state index is 8.71. The molecule has 0 radical (unpaired) electrons. The van der Waals surface area contributed by atoms with Gasteiger partial charge in [-0.2, -0.15) is 5.26 Å². The van der Waals surface area contributed by atoms with Crippen LogP contribution >= 0.6 is 15.9 Å². The van der Waals surface area contributed by atoms with Crippen LogP contribution < -0.4 is 10.2 Å². The number of hydrogen-bond acceptors (Lipinski definition) is 5. The van der Waals surface area contributed by atoms with Gasteiger partial charge in [-0.15, -0.1) is 0 Å². The molecule has 0 spiro atoms. The molecule has 0 saturated carbocycles. The summed E-state index contributed by atoms with van der Waals surface area (Å²) in [5, 5.41) is 11.9. The Morgan fingerprint density at radius 1 is 1.59 bits per heavy atom. The standard InChI is InChI=1S/C11H16BrN5/c1-4-14-10-9(12)11(16-7-15-10)17(3)8(2)5-6-13/h7-8H,4-5H2,1-3H3,(H,14,15,16). The molecule has 0 aliphatic heterocycles. The fourth-order valence-electron chi connectivity index (χ4n) is 1.37. The molecule has 0 bridgehead atoms. The van der Waals surface area contributed by atoms with Gasteiger partial charge in [-0.1, -0.05) is 0 Å². The summed E-state index contributed by atoms with van der Waals surface area (Å²) in [4.78, 5) is 10.4. The lowest BCUT2D eigenvalue weighted by atomic mass is 10.2. The zero-order chi connectivity index (χ0) is 12.8. The maximum Gasteiger partial charge on any atom is 0.148 e. The molecule has 0 aliphatic carbocycles. The second-order valence-electron chi connectivity index (χ2n) is 3.71. The second kappa shape index (κ2) is 6.40. The zero-order valence-electron chi connectivity index (χ0n) is 10.2.